The molecule has 1 amide bonds. The Morgan fingerprint density at radius 2 is 1.62 bits per heavy atom. The second-order valence-electron chi connectivity index (χ2n) is 11.1. The summed E-state index contributed by atoms with van der Waals surface area (Å²) in [6, 6.07) is 19.6. The van der Waals surface area contributed by atoms with E-state index in [1.807, 2.05) is 67.6 Å². The highest BCUT2D eigenvalue weighted by atomic mass is 16.5. The Balaban J connectivity index is 1.95. The maximum atomic E-state index is 13.6. The average molecular weight is 528 g/mol. The highest BCUT2D eigenvalue weighted by Gasteiger charge is 2.47. The smallest absolute Gasteiger partial charge is 0.300 e. The van der Waals surface area contributed by atoms with Crippen molar-refractivity contribution in [3.05, 3.63) is 94.6 Å². The number of nitrogens with zero attached hydrogens (tertiary/aromatic N) is 1. The summed E-state index contributed by atoms with van der Waals surface area (Å²) in [7, 11) is 1.52. The molecule has 0 aliphatic carbocycles. The van der Waals surface area contributed by atoms with E-state index in [1.165, 1.54) is 12.0 Å². The summed E-state index contributed by atoms with van der Waals surface area (Å²) in [5, 5.41) is 11.7. The molecule has 204 valence electrons. The number of rotatable bonds is 7. The van der Waals surface area contributed by atoms with Gasteiger partial charge in [0.1, 0.15) is 17.3 Å². The number of hydrogen-bond donors (Lipinski definition) is 1. The number of amides is 1. The highest BCUT2D eigenvalue weighted by molar-refractivity contribution is 6.51. The van der Waals surface area contributed by atoms with E-state index >= 15 is 0 Å². The van der Waals surface area contributed by atoms with Crippen molar-refractivity contribution in [3.63, 3.8) is 0 Å². The average Bonchev–Trinajstić information content (AvgIpc) is 3.18. The van der Waals surface area contributed by atoms with Crippen LogP contribution in [0.1, 0.15) is 75.8 Å². The Bertz CT molecular complexity index is 1400. The second kappa shape index (κ2) is 11.0. The van der Waals surface area contributed by atoms with Gasteiger partial charge in [0.15, 0.2) is 0 Å². The lowest BCUT2D eigenvalue weighted by atomic mass is 9.85. The van der Waals surface area contributed by atoms with Gasteiger partial charge in [-0.05, 0) is 71.3 Å². The topological polar surface area (TPSA) is 76.1 Å². The van der Waals surface area contributed by atoms with Crippen LogP contribution in [-0.4, -0.2) is 30.5 Å². The molecule has 1 aliphatic rings. The molecule has 1 atom stereocenters. The number of aliphatic hydroxyl groups is 1. The van der Waals surface area contributed by atoms with E-state index in [1.54, 1.807) is 6.07 Å². The molecule has 0 saturated carbocycles. The van der Waals surface area contributed by atoms with Crippen molar-refractivity contribution in [2.45, 2.75) is 58.9 Å². The van der Waals surface area contributed by atoms with Crippen molar-refractivity contribution in [1.82, 2.24) is 0 Å². The minimum absolute atomic E-state index is 0.0152. The van der Waals surface area contributed by atoms with Crippen LogP contribution in [0.3, 0.4) is 0 Å². The standard InChI is InChI=1S/C33H37NO5/c1-8-39-25-16-11-22(12-17-25)29-28(30(35)26-19-23(33(4,5)6)13-18-27(26)38-7)31(36)32(37)34(29)24-14-9-21(10-15-24)20(2)3/h9-20,29,35H,8H2,1-7H3/b30-28+. The minimum atomic E-state index is -0.839. The van der Waals surface area contributed by atoms with Crippen molar-refractivity contribution in [2.24, 2.45) is 0 Å². The molecular weight excluding hydrogens is 490 g/mol. The second-order valence-corrected chi connectivity index (χ2v) is 11.1. The van der Waals surface area contributed by atoms with Gasteiger partial charge in [-0.2, -0.15) is 0 Å². The molecule has 1 heterocycles. The molecule has 1 saturated heterocycles. The van der Waals surface area contributed by atoms with Crippen LogP contribution in [0.25, 0.3) is 5.76 Å². The van der Waals surface area contributed by atoms with Crippen molar-refractivity contribution >= 4 is 23.1 Å². The van der Waals surface area contributed by atoms with E-state index in [9.17, 15) is 14.7 Å². The van der Waals surface area contributed by atoms with Gasteiger partial charge in [-0.3, -0.25) is 14.5 Å². The first-order valence-electron chi connectivity index (χ1n) is 13.3. The SMILES string of the molecule is CCOc1ccc(C2/C(=C(\O)c3cc(C(C)(C)C)ccc3OC)C(=O)C(=O)N2c2ccc(C(C)C)cc2)cc1. The van der Waals surface area contributed by atoms with Crippen LogP contribution in [0.15, 0.2) is 72.3 Å². The highest BCUT2D eigenvalue weighted by Crippen LogP contribution is 2.44. The predicted octanol–water partition coefficient (Wildman–Crippen LogP) is 7.14. The summed E-state index contributed by atoms with van der Waals surface area (Å²) in [6.45, 7) is 12.8. The summed E-state index contributed by atoms with van der Waals surface area (Å²) in [5.74, 6) is -0.297. The number of anilines is 1. The fraction of sp³-hybridized carbons (Fsp3) is 0.333. The molecule has 0 aromatic heterocycles. The Kier molecular flexibility index (Phi) is 7.86. The van der Waals surface area contributed by atoms with E-state index in [0.717, 1.165) is 11.1 Å². The minimum Gasteiger partial charge on any atom is -0.507 e. The van der Waals surface area contributed by atoms with Gasteiger partial charge in [-0.15, -0.1) is 0 Å². The molecule has 1 N–H and O–H groups in total. The van der Waals surface area contributed by atoms with E-state index in [-0.39, 0.29) is 16.7 Å². The Labute approximate surface area is 230 Å². The first-order chi connectivity index (χ1) is 18.5. The van der Waals surface area contributed by atoms with Crippen LogP contribution >= 0.6 is 0 Å². The number of aliphatic hydroxyl groups excluding tert-OH is 1. The lowest BCUT2D eigenvalue weighted by molar-refractivity contribution is -0.132. The molecule has 3 aromatic carbocycles. The molecule has 0 radical (unpaired) electrons. The van der Waals surface area contributed by atoms with Crippen LogP contribution in [0.5, 0.6) is 11.5 Å². The van der Waals surface area contributed by atoms with E-state index in [4.69, 9.17) is 9.47 Å². The molecule has 0 bridgehead atoms. The summed E-state index contributed by atoms with van der Waals surface area (Å²) in [6.07, 6.45) is 0. The lowest BCUT2D eigenvalue weighted by Gasteiger charge is -2.26. The molecule has 39 heavy (non-hydrogen) atoms. The van der Waals surface area contributed by atoms with Gasteiger partial charge in [0, 0.05) is 5.69 Å². The van der Waals surface area contributed by atoms with Gasteiger partial charge >= 0.3 is 0 Å². The molecule has 6 heteroatoms. The first-order valence-corrected chi connectivity index (χ1v) is 13.3. The van der Waals surface area contributed by atoms with Crippen molar-refractivity contribution < 1.29 is 24.2 Å². The van der Waals surface area contributed by atoms with Crippen LogP contribution in [0.4, 0.5) is 5.69 Å². The molecule has 1 aliphatic heterocycles. The van der Waals surface area contributed by atoms with Crippen molar-refractivity contribution in [1.29, 1.82) is 0 Å². The zero-order valence-electron chi connectivity index (χ0n) is 23.7. The molecule has 1 unspecified atom stereocenters. The number of Topliss-reactive ketones (excluding diaryl/α,β-unsaturated/α-hetero) is 1. The third-order valence-electron chi connectivity index (χ3n) is 7.11. The summed E-state index contributed by atoms with van der Waals surface area (Å²) in [5.41, 5.74) is 3.52. The Morgan fingerprint density at radius 3 is 2.15 bits per heavy atom. The fourth-order valence-corrected chi connectivity index (χ4v) is 4.85. The number of hydrogen-bond acceptors (Lipinski definition) is 5. The van der Waals surface area contributed by atoms with Gasteiger partial charge in [0.05, 0.1) is 30.9 Å². The van der Waals surface area contributed by atoms with E-state index < -0.39 is 17.7 Å². The quantitative estimate of drug-likeness (QED) is 0.201. The third kappa shape index (κ3) is 5.42. The molecule has 3 aromatic rings. The number of ether oxygens (including phenoxy) is 2. The van der Waals surface area contributed by atoms with Crippen LogP contribution in [-0.2, 0) is 15.0 Å². The van der Waals surface area contributed by atoms with Gasteiger partial charge in [0.25, 0.3) is 11.7 Å². The van der Waals surface area contributed by atoms with Crippen LogP contribution in [0, 0.1) is 0 Å². The predicted molar refractivity (Wildman–Crippen MR) is 155 cm³/mol. The zero-order valence-corrected chi connectivity index (χ0v) is 23.7. The number of methoxy groups -OCH3 is 1. The monoisotopic (exact) mass is 527 g/mol. The van der Waals surface area contributed by atoms with E-state index in [0.29, 0.717) is 40.8 Å². The summed E-state index contributed by atoms with van der Waals surface area (Å²) < 4.78 is 11.2. The first kappa shape index (κ1) is 28.0. The molecule has 4 rings (SSSR count). The maximum Gasteiger partial charge on any atom is 0.300 e. The summed E-state index contributed by atoms with van der Waals surface area (Å²) >= 11 is 0. The lowest BCUT2D eigenvalue weighted by Crippen LogP contribution is -2.29. The Morgan fingerprint density at radius 1 is 0.974 bits per heavy atom. The molecule has 0 spiro atoms. The normalized spacial score (nSPS) is 17.1. The molecule has 1 fully saturated rings. The Hall–Kier alpha value is -4.06. The van der Waals surface area contributed by atoms with Crippen LogP contribution < -0.4 is 14.4 Å². The van der Waals surface area contributed by atoms with Crippen LogP contribution in [0.2, 0.25) is 0 Å². The van der Waals surface area contributed by atoms with Crippen molar-refractivity contribution in [3.8, 4) is 11.5 Å². The number of carbonyl (C=O) groups excluding carboxylic acids is 2. The zero-order chi connectivity index (χ0) is 28.5. The van der Waals surface area contributed by atoms with Gasteiger partial charge < -0.3 is 14.6 Å². The third-order valence-corrected chi connectivity index (χ3v) is 7.11. The maximum absolute atomic E-state index is 13.6. The van der Waals surface area contributed by atoms with E-state index in [2.05, 4.69) is 34.6 Å². The molecular formula is C33H37NO5. The van der Waals surface area contributed by atoms with Gasteiger partial charge in [-0.25, -0.2) is 0 Å². The number of benzene rings is 3. The van der Waals surface area contributed by atoms with Gasteiger partial charge in [0.2, 0.25) is 0 Å². The fourth-order valence-electron chi connectivity index (χ4n) is 4.85. The van der Waals surface area contributed by atoms with Crippen molar-refractivity contribution in [2.75, 3.05) is 18.6 Å². The largest absolute Gasteiger partial charge is 0.507 e. The number of carbonyl (C=O) groups is 2. The number of ketones is 1. The van der Waals surface area contributed by atoms with Gasteiger partial charge in [-0.1, -0.05) is 65.0 Å². The summed E-state index contributed by atoms with van der Waals surface area (Å²) in [4.78, 5) is 28.7. The molecule has 6 nitrogen and oxygen atoms in total.